The van der Waals surface area contributed by atoms with Crippen LogP contribution < -0.4 is 10.0 Å². The van der Waals surface area contributed by atoms with Crippen molar-refractivity contribution >= 4 is 50.9 Å². The van der Waals surface area contributed by atoms with Gasteiger partial charge in [0.1, 0.15) is 6.04 Å². The van der Waals surface area contributed by atoms with Crippen LogP contribution in [0.5, 0.6) is 0 Å². The Morgan fingerprint density at radius 2 is 1.73 bits per heavy atom. The number of sulfonamides is 1. The van der Waals surface area contributed by atoms with Gasteiger partial charge in [0.2, 0.25) is 15.9 Å². The second-order valence-electron chi connectivity index (χ2n) is 6.37. The maximum Gasteiger partial charge on any atom is 0.307 e. The van der Waals surface area contributed by atoms with Crippen molar-refractivity contribution in [2.75, 3.05) is 16.8 Å². The van der Waals surface area contributed by atoms with Crippen molar-refractivity contribution in [1.82, 2.24) is 4.72 Å². The summed E-state index contributed by atoms with van der Waals surface area (Å²) in [5.41, 5.74) is 1.05. The molecule has 0 saturated heterocycles. The smallest absolute Gasteiger partial charge is 0.307 e. The van der Waals surface area contributed by atoms with E-state index in [-0.39, 0.29) is 11.3 Å². The van der Waals surface area contributed by atoms with Crippen molar-refractivity contribution in [2.24, 2.45) is 0 Å². The van der Waals surface area contributed by atoms with E-state index in [2.05, 4.69) is 10.0 Å². The van der Waals surface area contributed by atoms with Crippen molar-refractivity contribution in [1.29, 1.82) is 0 Å². The van der Waals surface area contributed by atoms with Crippen LogP contribution in [0.15, 0.2) is 53.4 Å². The van der Waals surface area contributed by atoms with Crippen LogP contribution >= 0.6 is 23.4 Å². The number of aliphatic carboxylic acids is 1. The van der Waals surface area contributed by atoms with Crippen molar-refractivity contribution in [3.63, 3.8) is 0 Å². The SMILES string of the molecule is CCSCC[C@H](NS(=O)(=O)c1ccc(Cl)cc1)C(=O)Nc1ccc(CC(=O)O)cc1. The lowest BCUT2D eigenvalue weighted by atomic mass is 10.1. The average Bonchev–Trinajstić information content (AvgIpc) is 2.68. The Morgan fingerprint density at radius 1 is 1.10 bits per heavy atom. The van der Waals surface area contributed by atoms with E-state index in [4.69, 9.17) is 16.7 Å². The average molecular weight is 471 g/mol. The number of rotatable bonds is 11. The quantitative estimate of drug-likeness (QED) is 0.434. The zero-order valence-electron chi connectivity index (χ0n) is 16.3. The van der Waals surface area contributed by atoms with Crippen LogP contribution in [0.3, 0.4) is 0 Å². The highest BCUT2D eigenvalue weighted by Crippen LogP contribution is 2.17. The fraction of sp³-hybridized carbons (Fsp3) is 0.300. The molecule has 0 radical (unpaired) electrons. The number of carboxylic acid groups (broad SMARTS) is 1. The topological polar surface area (TPSA) is 113 Å². The van der Waals surface area contributed by atoms with Crippen LogP contribution in [0.1, 0.15) is 18.9 Å². The summed E-state index contributed by atoms with van der Waals surface area (Å²) in [4.78, 5) is 23.6. The summed E-state index contributed by atoms with van der Waals surface area (Å²) in [5, 5.41) is 11.9. The summed E-state index contributed by atoms with van der Waals surface area (Å²) in [6, 6.07) is 11.1. The number of carboxylic acids is 1. The molecule has 0 aliphatic heterocycles. The lowest BCUT2D eigenvalue weighted by Crippen LogP contribution is -2.44. The fourth-order valence-corrected chi connectivity index (χ4v) is 4.62. The fourth-order valence-electron chi connectivity index (χ4n) is 2.57. The van der Waals surface area contributed by atoms with Crippen LogP contribution in [-0.4, -0.2) is 42.9 Å². The molecule has 0 saturated carbocycles. The third-order valence-corrected chi connectivity index (χ3v) is 6.74. The molecule has 0 aromatic heterocycles. The Labute approximate surface area is 185 Å². The molecule has 162 valence electrons. The maximum absolute atomic E-state index is 12.8. The Morgan fingerprint density at radius 3 is 2.30 bits per heavy atom. The molecule has 1 amide bonds. The Bertz CT molecular complexity index is 964. The number of halogens is 1. The monoisotopic (exact) mass is 470 g/mol. The molecule has 3 N–H and O–H groups in total. The molecular weight excluding hydrogens is 448 g/mol. The van der Waals surface area contributed by atoms with Crippen molar-refractivity contribution in [2.45, 2.75) is 30.7 Å². The van der Waals surface area contributed by atoms with Crippen LogP contribution in [0.25, 0.3) is 0 Å². The number of carbonyl (C=O) groups excluding carboxylic acids is 1. The van der Waals surface area contributed by atoms with E-state index in [0.29, 0.717) is 28.4 Å². The summed E-state index contributed by atoms with van der Waals surface area (Å²) >= 11 is 7.42. The molecule has 2 rings (SSSR count). The van der Waals surface area contributed by atoms with E-state index in [9.17, 15) is 18.0 Å². The minimum Gasteiger partial charge on any atom is -0.481 e. The van der Waals surface area contributed by atoms with Crippen molar-refractivity contribution in [3.05, 3.63) is 59.1 Å². The van der Waals surface area contributed by atoms with Gasteiger partial charge < -0.3 is 10.4 Å². The Balaban J connectivity index is 2.13. The predicted molar refractivity (Wildman–Crippen MR) is 120 cm³/mol. The van der Waals surface area contributed by atoms with Gasteiger partial charge in [-0.25, -0.2) is 8.42 Å². The second-order valence-corrected chi connectivity index (χ2v) is 9.91. The van der Waals surface area contributed by atoms with Gasteiger partial charge in [-0.2, -0.15) is 16.5 Å². The van der Waals surface area contributed by atoms with E-state index in [1.807, 2.05) is 6.92 Å². The summed E-state index contributed by atoms with van der Waals surface area (Å²) in [7, 11) is -3.91. The number of thioether (sulfide) groups is 1. The van der Waals surface area contributed by atoms with Gasteiger partial charge in [0.05, 0.1) is 11.3 Å². The van der Waals surface area contributed by atoms with E-state index in [0.717, 1.165) is 5.75 Å². The van der Waals surface area contributed by atoms with Gasteiger partial charge in [0.15, 0.2) is 0 Å². The number of hydrogen-bond acceptors (Lipinski definition) is 5. The van der Waals surface area contributed by atoms with Crippen molar-refractivity contribution < 1.29 is 23.1 Å². The molecule has 0 aliphatic carbocycles. The maximum atomic E-state index is 12.8. The largest absolute Gasteiger partial charge is 0.481 e. The molecule has 2 aromatic rings. The number of amides is 1. The van der Waals surface area contributed by atoms with E-state index >= 15 is 0 Å². The minimum atomic E-state index is -3.91. The highest BCUT2D eigenvalue weighted by Gasteiger charge is 2.25. The molecule has 0 aliphatic rings. The summed E-state index contributed by atoms with van der Waals surface area (Å²) < 4.78 is 27.9. The highest BCUT2D eigenvalue weighted by atomic mass is 35.5. The first-order chi connectivity index (χ1) is 14.2. The van der Waals surface area contributed by atoms with Crippen LogP contribution in [0.2, 0.25) is 5.02 Å². The highest BCUT2D eigenvalue weighted by molar-refractivity contribution is 7.99. The minimum absolute atomic E-state index is 0.0193. The first kappa shape index (κ1) is 24.2. The first-order valence-electron chi connectivity index (χ1n) is 9.18. The predicted octanol–water partition coefficient (Wildman–Crippen LogP) is 3.40. The third-order valence-electron chi connectivity index (χ3n) is 4.07. The molecule has 0 spiro atoms. The lowest BCUT2D eigenvalue weighted by molar-refractivity contribution is -0.136. The Kier molecular flexibility index (Phi) is 9.16. The van der Waals surface area contributed by atoms with Gasteiger partial charge in [0, 0.05) is 10.7 Å². The summed E-state index contributed by atoms with van der Waals surface area (Å²) in [6.45, 7) is 1.98. The van der Waals surface area contributed by atoms with Gasteiger partial charge in [-0.05, 0) is 59.9 Å². The molecule has 0 unspecified atom stereocenters. The molecular formula is C20H23ClN2O5S2. The van der Waals surface area contributed by atoms with Gasteiger partial charge in [-0.3, -0.25) is 9.59 Å². The van der Waals surface area contributed by atoms with E-state index in [1.165, 1.54) is 24.3 Å². The standard InChI is InChI=1S/C20H23ClN2O5S2/c1-2-29-12-11-18(23-30(27,28)17-9-5-15(21)6-10-17)20(26)22-16-7-3-14(4-8-16)13-19(24)25/h3-10,18,23H,2,11-13H2,1H3,(H,22,26)(H,24,25)/t18-/m0/s1. The second kappa shape index (κ2) is 11.4. The molecule has 0 heterocycles. The molecule has 1 atom stereocenters. The van der Waals surface area contributed by atoms with Gasteiger partial charge in [-0.1, -0.05) is 30.7 Å². The van der Waals surface area contributed by atoms with E-state index < -0.39 is 27.9 Å². The summed E-state index contributed by atoms with van der Waals surface area (Å²) in [6.07, 6.45) is 0.195. The van der Waals surface area contributed by atoms with Crippen LogP contribution in [-0.2, 0) is 26.0 Å². The molecule has 10 heteroatoms. The molecule has 2 aromatic carbocycles. The van der Waals surface area contributed by atoms with Gasteiger partial charge in [0.25, 0.3) is 0 Å². The van der Waals surface area contributed by atoms with Crippen molar-refractivity contribution in [3.8, 4) is 0 Å². The number of anilines is 1. The van der Waals surface area contributed by atoms with Crippen LogP contribution in [0.4, 0.5) is 5.69 Å². The molecule has 30 heavy (non-hydrogen) atoms. The summed E-state index contributed by atoms with van der Waals surface area (Å²) in [5.74, 6) is 0.0191. The molecule has 7 nitrogen and oxygen atoms in total. The van der Waals surface area contributed by atoms with Gasteiger partial charge in [-0.15, -0.1) is 0 Å². The number of carbonyl (C=O) groups is 2. The Hall–Kier alpha value is -2.07. The first-order valence-corrected chi connectivity index (χ1v) is 12.2. The van der Waals surface area contributed by atoms with E-state index in [1.54, 1.807) is 36.0 Å². The lowest BCUT2D eigenvalue weighted by Gasteiger charge is -2.18. The zero-order valence-corrected chi connectivity index (χ0v) is 18.7. The van der Waals surface area contributed by atoms with Gasteiger partial charge >= 0.3 is 5.97 Å². The zero-order chi connectivity index (χ0) is 22.1. The molecule has 0 bridgehead atoms. The third kappa shape index (κ3) is 7.64. The number of benzene rings is 2. The van der Waals surface area contributed by atoms with Crippen LogP contribution in [0, 0.1) is 0 Å². The molecule has 0 fully saturated rings. The number of nitrogens with one attached hydrogen (secondary N) is 2. The normalized spacial score (nSPS) is 12.3. The number of hydrogen-bond donors (Lipinski definition) is 3.